The topological polar surface area (TPSA) is 0 Å². The Bertz CT molecular complexity index is 241. The molecular formula is C12H15. The zero-order valence-electron chi connectivity index (χ0n) is 7.42. The molecule has 1 radical (unpaired) electrons. The van der Waals surface area contributed by atoms with Gasteiger partial charge in [0.1, 0.15) is 0 Å². The van der Waals surface area contributed by atoms with Crippen LogP contribution in [0.15, 0.2) is 24.3 Å². The average molecular weight is 159 g/mol. The number of hydrogen-bond acceptors (Lipinski definition) is 0. The monoisotopic (exact) mass is 159 g/mol. The molecule has 0 N–H and O–H groups in total. The molecule has 0 saturated heterocycles. The molecule has 1 aliphatic carbocycles. The van der Waals surface area contributed by atoms with E-state index >= 15 is 0 Å². The van der Waals surface area contributed by atoms with Gasteiger partial charge in [-0.05, 0) is 43.2 Å². The minimum Gasteiger partial charge on any atom is -0.0588 e. The van der Waals surface area contributed by atoms with Crippen LogP contribution < -0.4 is 0 Å². The lowest BCUT2D eigenvalue weighted by atomic mass is 9.80. The van der Waals surface area contributed by atoms with Crippen molar-refractivity contribution in [3.8, 4) is 0 Å². The third-order valence-corrected chi connectivity index (χ3v) is 2.84. The van der Waals surface area contributed by atoms with Crippen LogP contribution in [0.5, 0.6) is 0 Å². The standard InChI is InChI=1S/C12H15/c1-2-10-6-8-12(9-7-10)11-4-3-5-11/h6-9,11H,1-5H2. The fraction of sp³-hybridized carbons (Fsp3) is 0.417. The maximum absolute atomic E-state index is 3.86. The Kier molecular flexibility index (Phi) is 2.16. The maximum Gasteiger partial charge on any atom is -0.0162 e. The van der Waals surface area contributed by atoms with Crippen molar-refractivity contribution in [1.82, 2.24) is 0 Å². The second-order valence-corrected chi connectivity index (χ2v) is 3.62. The van der Waals surface area contributed by atoms with Crippen LogP contribution in [0.2, 0.25) is 0 Å². The summed E-state index contributed by atoms with van der Waals surface area (Å²) in [6.45, 7) is 3.86. The molecule has 12 heavy (non-hydrogen) atoms. The molecule has 0 aromatic heterocycles. The molecule has 1 aromatic rings. The second-order valence-electron chi connectivity index (χ2n) is 3.62. The molecule has 0 atom stereocenters. The molecule has 0 heterocycles. The average Bonchev–Trinajstić information content (AvgIpc) is 2.03. The first-order valence-corrected chi connectivity index (χ1v) is 4.78. The highest BCUT2D eigenvalue weighted by atomic mass is 14.2. The molecule has 0 nitrogen and oxygen atoms in total. The lowest BCUT2D eigenvalue weighted by molar-refractivity contribution is 0.419. The zero-order valence-corrected chi connectivity index (χ0v) is 7.42. The molecule has 0 aliphatic heterocycles. The SMILES string of the molecule is [CH2]Cc1ccc(C2CCC2)cc1. The fourth-order valence-electron chi connectivity index (χ4n) is 1.70. The van der Waals surface area contributed by atoms with Gasteiger partial charge in [-0.1, -0.05) is 30.7 Å². The van der Waals surface area contributed by atoms with E-state index in [1.54, 1.807) is 0 Å². The zero-order chi connectivity index (χ0) is 8.39. The van der Waals surface area contributed by atoms with Crippen LogP contribution in [0, 0.1) is 6.92 Å². The summed E-state index contributed by atoms with van der Waals surface area (Å²) in [5, 5.41) is 0. The van der Waals surface area contributed by atoms with Gasteiger partial charge in [0.15, 0.2) is 0 Å². The minimum atomic E-state index is 0.865. The van der Waals surface area contributed by atoms with Gasteiger partial charge in [-0.3, -0.25) is 0 Å². The van der Waals surface area contributed by atoms with E-state index in [-0.39, 0.29) is 0 Å². The molecule has 1 saturated carbocycles. The molecule has 2 rings (SSSR count). The van der Waals surface area contributed by atoms with Crippen LogP contribution in [0.4, 0.5) is 0 Å². The van der Waals surface area contributed by atoms with Crippen molar-refractivity contribution in [3.05, 3.63) is 42.3 Å². The minimum absolute atomic E-state index is 0.865. The van der Waals surface area contributed by atoms with E-state index in [1.165, 1.54) is 30.4 Å². The van der Waals surface area contributed by atoms with Gasteiger partial charge >= 0.3 is 0 Å². The van der Waals surface area contributed by atoms with Gasteiger partial charge in [0.2, 0.25) is 0 Å². The molecule has 0 heteroatoms. The van der Waals surface area contributed by atoms with Gasteiger partial charge in [0.05, 0.1) is 0 Å². The van der Waals surface area contributed by atoms with Crippen LogP contribution in [0.1, 0.15) is 36.3 Å². The highest BCUT2D eigenvalue weighted by molar-refractivity contribution is 5.26. The largest absolute Gasteiger partial charge is 0.0588 e. The Balaban J connectivity index is 2.13. The van der Waals surface area contributed by atoms with Crippen LogP contribution in [-0.4, -0.2) is 0 Å². The summed E-state index contributed by atoms with van der Waals surface area (Å²) >= 11 is 0. The van der Waals surface area contributed by atoms with E-state index in [1.807, 2.05) is 0 Å². The lowest BCUT2D eigenvalue weighted by Crippen LogP contribution is -2.08. The van der Waals surface area contributed by atoms with Crippen LogP contribution in [0.3, 0.4) is 0 Å². The van der Waals surface area contributed by atoms with E-state index in [9.17, 15) is 0 Å². The van der Waals surface area contributed by atoms with E-state index < -0.39 is 0 Å². The number of rotatable bonds is 2. The second kappa shape index (κ2) is 3.30. The predicted molar refractivity (Wildman–Crippen MR) is 52.1 cm³/mol. The fourth-order valence-corrected chi connectivity index (χ4v) is 1.70. The summed E-state index contributed by atoms with van der Waals surface area (Å²) in [6, 6.07) is 8.95. The van der Waals surface area contributed by atoms with E-state index in [4.69, 9.17) is 0 Å². The third-order valence-electron chi connectivity index (χ3n) is 2.84. The third kappa shape index (κ3) is 1.38. The summed E-state index contributed by atoms with van der Waals surface area (Å²) in [7, 11) is 0. The van der Waals surface area contributed by atoms with Gasteiger partial charge < -0.3 is 0 Å². The Morgan fingerprint density at radius 3 is 2.25 bits per heavy atom. The van der Waals surface area contributed by atoms with E-state index in [0.717, 1.165) is 12.3 Å². The van der Waals surface area contributed by atoms with Crippen molar-refractivity contribution >= 4 is 0 Å². The predicted octanol–water partition coefficient (Wildman–Crippen LogP) is 3.33. The van der Waals surface area contributed by atoms with Crippen LogP contribution in [0.25, 0.3) is 0 Å². The summed E-state index contributed by atoms with van der Waals surface area (Å²) in [5.74, 6) is 0.865. The van der Waals surface area contributed by atoms with Gasteiger partial charge in [-0.2, -0.15) is 0 Å². The summed E-state index contributed by atoms with van der Waals surface area (Å²) in [6.07, 6.45) is 5.11. The Morgan fingerprint density at radius 1 is 1.17 bits per heavy atom. The van der Waals surface area contributed by atoms with Crippen molar-refractivity contribution in [2.45, 2.75) is 31.6 Å². The van der Waals surface area contributed by atoms with Crippen molar-refractivity contribution < 1.29 is 0 Å². The van der Waals surface area contributed by atoms with Crippen molar-refractivity contribution in [1.29, 1.82) is 0 Å². The smallest absolute Gasteiger partial charge is 0.0162 e. The number of benzene rings is 1. The first kappa shape index (κ1) is 7.85. The molecule has 0 unspecified atom stereocenters. The van der Waals surface area contributed by atoms with Crippen molar-refractivity contribution in [2.24, 2.45) is 0 Å². The van der Waals surface area contributed by atoms with E-state index in [2.05, 4.69) is 31.2 Å². The lowest BCUT2D eigenvalue weighted by Gasteiger charge is -2.25. The van der Waals surface area contributed by atoms with Gasteiger partial charge in [-0.15, -0.1) is 0 Å². The van der Waals surface area contributed by atoms with Crippen LogP contribution in [-0.2, 0) is 6.42 Å². The van der Waals surface area contributed by atoms with Gasteiger partial charge in [-0.25, -0.2) is 0 Å². The molecule has 0 amide bonds. The molecule has 1 aromatic carbocycles. The molecule has 1 aliphatic rings. The molecule has 1 fully saturated rings. The quantitative estimate of drug-likeness (QED) is 0.621. The Morgan fingerprint density at radius 2 is 1.83 bits per heavy atom. The van der Waals surface area contributed by atoms with Crippen molar-refractivity contribution in [3.63, 3.8) is 0 Å². The molecule has 0 bridgehead atoms. The van der Waals surface area contributed by atoms with Gasteiger partial charge in [0.25, 0.3) is 0 Å². The van der Waals surface area contributed by atoms with Crippen molar-refractivity contribution in [2.75, 3.05) is 0 Å². The maximum atomic E-state index is 3.86. The Hall–Kier alpha value is -0.780. The molecule has 0 spiro atoms. The highest BCUT2D eigenvalue weighted by Crippen LogP contribution is 2.36. The van der Waals surface area contributed by atoms with Crippen LogP contribution >= 0.6 is 0 Å². The summed E-state index contributed by atoms with van der Waals surface area (Å²) < 4.78 is 0. The molecular weight excluding hydrogens is 144 g/mol. The summed E-state index contributed by atoms with van der Waals surface area (Å²) in [5.41, 5.74) is 2.87. The molecule has 63 valence electrons. The highest BCUT2D eigenvalue weighted by Gasteiger charge is 2.18. The first-order chi connectivity index (χ1) is 5.90. The van der Waals surface area contributed by atoms with Gasteiger partial charge in [0, 0.05) is 0 Å². The first-order valence-electron chi connectivity index (χ1n) is 4.78. The Labute approximate surface area is 74.6 Å². The summed E-state index contributed by atoms with van der Waals surface area (Å²) in [4.78, 5) is 0. The normalized spacial score (nSPS) is 17.4. The number of hydrogen-bond donors (Lipinski definition) is 0. The van der Waals surface area contributed by atoms with E-state index in [0.29, 0.717) is 0 Å².